The summed E-state index contributed by atoms with van der Waals surface area (Å²) in [5.41, 5.74) is 2.08. The molecule has 1 N–H and O–H groups in total. The van der Waals surface area contributed by atoms with E-state index in [4.69, 9.17) is 11.6 Å². The molecule has 1 unspecified atom stereocenters. The molecular formula is C22H24ClFN6O3S. The smallest absolute Gasteiger partial charge is 0.251 e. The Kier molecular flexibility index (Phi) is 6.96. The third-order valence-electron chi connectivity index (χ3n) is 5.64. The van der Waals surface area contributed by atoms with Crippen LogP contribution in [-0.2, 0) is 9.84 Å². The molecule has 0 saturated carbocycles. The number of benzene rings is 2. The van der Waals surface area contributed by atoms with E-state index in [9.17, 15) is 17.6 Å². The maximum absolute atomic E-state index is 13.6. The number of aryl methyl sites for hydroxylation is 1. The van der Waals surface area contributed by atoms with Gasteiger partial charge in [-0.1, -0.05) is 11.6 Å². The van der Waals surface area contributed by atoms with E-state index in [0.29, 0.717) is 47.8 Å². The Morgan fingerprint density at radius 2 is 1.94 bits per heavy atom. The predicted octanol–water partition coefficient (Wildman–Crippen LogP) is 2.28. The molecule has 3 aromatic rings. The highest BCUT2D eigenvalue weighted by molar-refractivity contribution is 7.91. The summed E-state index contributed by atoms with van der Waals surface area (Å²) in [5, 5.41) is 14.7. The van der Waals surface area contributed by atoms with Crippen LogP contribution in [0.15, 0.2) is 36.4 Å². The van der Waals surface area contributed by atoms with Gasteiger partial charge in [-0.2, -0.15) is 4.68 Å². The molecule has 9 nitrogen and oxygen atoms in total. The highest BCUT2D eigenvalue weighted by atomic mass is 35.5. The van der Waals surface area contributed by atoms with Crippen molar-refractivity contribution in [3.05, 3.63) is 58.6 Å². The number of carbonyl (C=O) groups excluding carboxylic acids is 1. The van der Waals surface area contributed by atoms with Crippen molar-refractivity contribution < 1.29 is 17.6 Å². The SMILES string of the molecule is Cc1nnnn1-c1cc(C(=O)NC(C)CN2CCS(=O)(=O)CC2)cc(-c2ccc(F)cc2Cl)c1. The van der Waals surface area contributed by atoms with Gasteiger partial charge < -0.3 is 5.32 Å². The molecule has 0 aliphatic carbocycles. The fourth-order valence-corrected chi connectivity index (χ4v) is 5.44. The van der Waals surface area contributed by atoms with Crippen LogP contribution in [0.5, 0.6) is 0 Å². The van der Waals surface area contributed by atoms with Crippen molar-refractivity contribution in [2.75, 3.05) is 31.1 Å². The van der Waals surface area contributed by atoms with Crippen molar-refractivity contribution in [3.8, 4) is 16.8 Å². The number of aromatic nitrogens is 4. The minimum Gasteiger partial charge on any atom is -0.348 e. The Labute approximate surface area is 201 Å². The molecular weight excluding hydrogens is 483 g/mol. The largest absolute Gasteiger partial charge is 0.348 e. The van der Waals surface area contributed by atoms with Crippen LogP contribution in [0.3, 0.4) is 0 Å². The number of hydrogen-bond donors (Lipinski definition) is 1. The van der Waals surface area contributed by atoms with Gasteiger partial charge in [0.15, 0.2) is 15.7 Å². The van der Waals surface area contributed by atoms with Gasteiger partial charge in [0.05, 0.1) is 22.2 Å². The molecule has 1 atom stereocenters. The quantitative estimate of drug-likeness (QED) is 0.546. The summed E-state index contributed by atoms with van der Waals surface area (Å²) in [7, 11) is -2.97. The van der Waals surface area contributed by atoms with Crippen molar-refractivity contribution in [1.82, 2.24) is 30.4 Å². The first-order valence-corrected chi connectivity index (χ1v) is 12.9. The lowest BCUT2D eigenvalue weighted by Gasteiger charge is -2.29. The van der Waals surface area contributed by atoms with Gasteiger partial charge in [-0.3, -0.25) is 9.69 Å². The van der Waals surface area contributed by atoms with Crippen molar-refractivity contribution in [2.45, 2.75) is 19.9 Å². The minimum absolute atomic E-state index is 0.128. The molecule has 2 aromatic carbocycles. The van der Waals surface area contributed by atoms with E-state index in [1.807, 2.05) is 11.8 Å². The molecule has 1 amide bonds. The first-order valence-electron chi connectivity index (χ1n) is 10.7. The predicted molar refractivity (Wildman–Crippen MR) is 126 cm³/mol. The summed E-state index contributed by atoms with van der Waals surface area (Å²) >= 11 is 6.28. The number of tetrazole rings is 1. The minimum atomic E-state index is -2.97. The zero-order valence-corrected chi connectivity index (χ0v) is 20.3. The zero-order chi connectivity index (χ0) is 24.5. The standard InChI is InChI=1S/C22H24ClFN6O3S/c1-14(13-29-5-7-34(32,33)8-6-29)25-22(31)17-9-16(20-4-3-18(24)12-21(20)23)10-19(11-17)30-15(2)26-27-28-30/h3-4,9-12,14H,5-8,13H2,1-2H3,(H,25,31). The van der Waals surface area contributed by atoms with E-state index in [0.717, 1.165) is 0 Å². The maximum atomic E-state index is 13.6. The van der Waals surface area contributed by atoms with Crippen LogP contribution in [0.4, 0.5) is 4.39 Å². The van der Waals surface area contributed by atoms with Gasteiger partial charge in [0.1, 0.15) is 5.82 Å². The molecule has 0 spiro atoms. The number of sulfone groups is 1. The first-order chi connectivity index (χ1) is 16.1. The zero-order valence-electron chi connectivity index (χ0n) is 18.7. The third kappa shape index (κ3) is 5.60. The highest BCUT2D eigenvalue weighted by Gasteiger charge is 2.23. The van der Waals surface area contributed by atoms with E-state index in [1.54, 1.807) is 31.2 Å². The second-order valence-corrected chi connectivity index (χ2v) is 11.1. The van der Waals surface area contributed by atoms with Gasteiger partial charge in [0.25, 0.3) is 5.91 Å². The summed E-state index contributed by atoms with van der Waals surface area (Å²) in [6.07, 6.45) is 0. The third-order valence-corrected chi connectivity index (χ3v) is 7.56. The van der Waals surface area contributed by atoms with Crippen molar-refractivity contribution in [2.24, 2.45) is 0 Å². The normalized spacial score (nSPS) is 16.8. The number of rotatable bonds is 6. The summed E-state index contributed by atoms with van der Waals surface area (Å²) in [6.45, 7) is 5.03. The lowest BCUT2D eigenvalue weighted by atomic mass is 10.0. The number of nitrogens with zero attached hydrogens (tertiary/aromatic N) is 5. The van der Waals surface area contributed by atoms with Crippen LogP contribution in [0, 0.1) is 12.7 Å². The van der Waals surface area contributed by atoms with Crippen LogP contribution in [0.1, 0.15) is 23.1 Å². The van der Waals surface area contributed by atoms with Crippen molar-refractivity contribution >= 4 is 27.3 Å². The van der Waals surface area contributed by atoms with E-state index < -0.39 is 15.7 Å². The first kappa shape index (κ1) is 24.2. The lowest BCUT2D eigenvalue weighted by Crippen LogP contribution is -2.47. The Morgan fingerprint density at radius 3 is 2.59 bits per heavy atom. The van der Waals surface area contributed by atoms with E-state index in [1.165, 1.54) is 16.8 Å². The van der Waals surface area contributed by atoms with Gasteiger partial charge in [0.2, 0.25) is 0 Å². The molecule has 1 aliphatic heterocycles. The average Bonchev–Trinajstić information content (AvgIpc) is 3.21. The Hall–Kier alpha value is -2.89. The molecule has 1 saturated heterocycles. The van der Waals surface area contributed by atoms with Gasteiger partial charge in [-0.15, -0.1) is 5.10 Å². The Balaban J connectivity index is 1.60. The van der Waals surface area contributed by atoms with Crippen LogP contribution in [0.2, 0.25) is 5.02 Å². The summed E-state index contributed by atoms with van der Waals surface area (Å²) in [5.74, 6) is 0.0100. The molecule has 1 fully saturated rings. The fourth-order valence-electron chi connectivity index (χ4n) is 3.89. The highest BCUT2D eigenvalue weighted by Crippen LogP contribution is 2.31. The van der Waals surface area contributed by atoms with Crippen LogP contribution in [0.25, 0.3) is 16.8 Å². The van der Waals surface area contributed by atoms with Gasteiger partial charge in [0, 0.05) is 36.8 Å². The van der Waals surface area contributed by atoms with Crippen molar-refractivity contribution in [3.63, 3.8) is 0 Å². The summed E-state index contributed by atoms with van der Waals surface area (Å²) in [6, 6.07) is 8.97. The molecule has 0 radical (unpaired) electrons. The van der Waals surface area contributed by atoms with E-state index in [2.05, 4.69) is 20.8 Å². The lowest BCUT2D eigenvalue weighted by molar-refractivity contribution is 0.0930. The van der Waals surface area contributed by atoms with Gasteiger partial charge in [-0.05, 0) is 66.2 Å². The van der Waals surface area contributed by atoms with Gasteiger partial charge in [-0.25, -0.2) is 12.8 Å². The molecule has 1 aliphatic rings. The van der Waals surface area contributed by atoms with E-state index >= 15 is 0 Å². The summed E-state index contributed by atoms with van der Waals surface area (Å²) < 4.78 is 38.4. The molecule has 12 heteroatoms. The molecule has 4 rings (SSSR count). The van der Waals surface area contributed by atoms with Crippen LogP contribution >= 0.6 is 11.6 Å². The molecule has 34 heavy (non-hydrogen) atoms. The Bertz CT molecular complexity index is 1320. The summed E-state index contributed by atoms with van der Waals surface area (Å²) in [4.78, 5) is 15.2. The molecule has 180 valence electrons. The van der Waals surface area contributed by atoms with Crippen LogP contribution < -0.4 is 5.32 Å². The fraction of sp³-hybridized carbons (Fsp3) is 0.364. The monoisotopic (exact) mass is 506 g/mol. The number of halogens is 2. The van der Waals surface area contributed by atoms with E-state index in [-0.39, 0.29) is 28.5 Å². The Morgan fingerprint density at radius 1 is 1.21 bits per heavy atom. The molecule has 0 bridgehead atoms. The average molecular weight is 507 g/mol. The molecule has 1 aromatic heterocycles. The number of carbonyl (C=O) groups is 1. The van der Waals surface area contributed by atoms with Crippen molar-refractivity contribution in [1.29, 1.82) is 0 Å². The second kappa shape index (κ2) is 9.77. The number of amides is 1. The van der Waals surface area contributed by atoms with Gasteiger partial charge >= 0.3 is 0 Å². The topological polar surface area (TPSA) is 110 Å². The second-order valence-electron chi connectivity index (χ2n) is 8.36. The van der Waals surface area contributed by atoms with Crippen LogP contribution in [-0.4, -0.2) is 76.6 Å². The maximum Gasteiger partial charge on any atom is 0.251 e. The number of nitrogens with one attached hydrogen (secondary N) is 1. The number of hydrogen-bond acceptors (Lipinski definition) is 7. The molecule has 2 heterocycles.